The second kappa shape index (κ2) is 7.37. The highest BCUT2D eigenvalue weighted by molar-refractivity contribution is 7.86. The summed E-state index contributed by atoms with van der Waals surface area (Å²) in [7, 11) is -3.34. The largest absolute Gasteiger partial charge is 0.329 e. The summed E-state index contributed by atoms with van der Waals surface area (Å²) < 4.78 is 29.0. The molecule has 2 saturated heterocycles. The SMILES string of the molecule is CCC(C)N1CCN(S(=O)(=O)N2CCCCC2CN)CC1. The van der Waals surface area contributed by atoms with Gasteiger partial charge in [-0.1, -0.05) is 13.3 Å². The molecule has 0 radical (unpaired) electrons. The highest BCUT2D eigenvalue weighted by Crippen LogP contribution is 2.23. The summed E-state index contributed by atoms with van der Waals surface area (Å²) in [5, 5.41) is 0. The fourth-order valence-corrected chi connectivity index (χ4v) is 5.14. The predicted octanol–water partition coefficient (Wildman–Crippen LogP) is 0.461. The Morgan fingerprint density at radius 1 is 1.14 bits per heavy atom. The Kier molecular flexibility index (Phi) is 6.02. The molecule has 0 bridgehead atoms. The summed E-state index contributed by atoms with van der Waals surface area (Å²) in [6, 6.07) is 0.512. The molecule has 21 heavy (non-hydrogen) atoms. The molecule has 0 aliphatic carbocycles. The van der Waals surface area contributed by atoms with Gasteiger partial charge in [-0.25, -0.2) is 0 Å². The zero-order valence-corrected chi connectivity index (χ0v) is 14.2. The standard InChI is InChI=1S/C14H30N4O2S/c1-3-13(2)16-8-10-17(11-9-16)21(19,20)18-7-5-4-6-14(18)12-15/h13-14H,3-12,15H2,1-2H3. The molecule has 124 valence electrons. The Balaban J connectivity index is 2.00. The zero-order valence-electron chi connectivity index (χ0n) is 13.4. The number of nitrogens with zero attached hydrogens (tertiary/aromatic N) is 3. The Morgan fingerprint density at radius 3 is 2.38 bits per heavy atom. The molecule has 2 rings (SSSR count). The highest BCUT2D eigenvalue weighted by atomic mass is 32.2. The van der Waals surface area contributed by atoms with Gasteiger partial charge in [0.05, 0.1) is 0 Å². The second-order valence-corrected chi connectivity index (χ2v) is 8.08. The van der Waals surface area contributed by atoms with E-state index in [1.54, 1.807) is 8.61 Å². The third-order valence-corrected chi connectivity index (χ3v) is 7.05. The van der Waals surface area contributed by atoms with Crippen molar-refractivity contribution in [3.63, 3.8) is 0 Å². The normalized spacial score (nSPS) is 28.6. The monoisotopic (exact) mass is 318 g/mol. The summed E-state index contributed by atoms with van der Waals surface area (Å²) in [5.41, 5.74) is 5.77. The first-order valence-corrected chi connectivity index (χ1v) is 9.61. The Labute approximate surface area is 129 Å². The summed E-state index contributed by atoms with van der Waals surface area (Å²) in [5.74, 6) is 0. The van der Waals surface area contributed by atoms with Crippen LogP contribution < -0.4 is 5.73 Å². The molecule has 2 heterocycles. The van der Waals surface area contributed by atoms with E-state index >= 15 is 0 Å². The van der Waals surface area contributed by atoms with Gasteiger partial charge in [-0.2, -0.15) is 17.0 Å². The van der Waals surface area contributed by atoms with Crippen molar-refractivity contribution >= 4 is 10.2 Å². The van der Waals surface area contributed by atoms with E-state index in [1.165, 1.54) is 0 Å². The first-order chi connectivity index (χ1) is 10.0. The van der Waals surface area contributed by atoms with E-state index in [-0.39, 0.29) is 6.04 Å². The molecule has 0 amide bonds. The Hall–Kier alpha value is -0.210. The number of piperidine rings is 1. The van der Waals surface area contributed by atoms with Crippen LogP contribution in [0, 0.1) is 0 Å². The lowest BCUT2D eigenvalue weighted by atomic mass is 10.1. The average molecular weight is 318 g/mol. The number of hydrogen-bond acceptors (Lipinski definition) is 4. The average Bonchev–Trinajstić information content (AvgIpc) is 2.54. The van der Waals surface area contributed by atoms with Crippen LogP contribution in [0.4, 0.5) is 0 Å². The molecule has 2 aliphatic heterocycles. The van der Waals surface area contributed by atoms with E-state index in [2.05, 4.69) is 18.7 Å². The third kappa shape index (κ3) is 3.76. The lowest BCUT2D eigenvalue weighted by Crippen LogP contribution is -2.58. The molecule has 6 nitrogen and oxygen atoms in total. The maximum Gasteiger partial charge on any atom is 0.282 e. The van der Waals surface area contributed by atoms with Gasteiger partial charge in [0.15, 0.2) is 0 Å². The molecule has 2 unspecified atom stereocenters. The van der Waals surface area contributed by atoms with Crippen molar-refractivity contribution in [2.75, 3.05) is 39.3 Å². The number of nitrogens with two attached hydrogens (primary N) is 1. The van der Waals surface area contributed by atoms with Crippen LogP contribution in [0.2, 0.25) is 0 Å². The van der Waals surface area contributed by atoms with Gasteiger partial charge < -0.3 is 5.73 Å². The van der Waals surface area contributed by atoms with Gasteiger partial charge in [-0.3, -0.25) is 4.90 Å². The predicted molar refractivity (Wildman–Crippen MR) is 85.2 cm³/mol. The van der Waals surface area contributed by atoms with Crippen LogP contribution in [0.15, 0.2) is 0 Å². The molecular formula is C14H30N4O2S. The summed E-state index contributed by atoms with van der Waals surface area (Å²) >= 11 is 0. The van der Waals surface area contributed by atoms with Crippen LogP contribution in [0.5, 0.6) is 0 Å². The molecule has 0 spiro atoms. The minimum absolute atomic E-state index is 0.0173. The van der Waals surface area contributed by atoms with Crippen LogP contribution in [-0.2, 0) is 10.2 Å². The summed E-state index contributed by atoms with van der Waals surface area (Å²) in [4.78, 5) is 2.38. The summed E-state index contributed by atoms with van der Waals surface area (Å²) in [6.07, 6.45) is 4.02. The van der Waals surface area contributed by atoms with Gasteiger partial charge in [0.2, 0.25) is 0 Å². The number of rotatable bonds is 5. The fourth-order valence-electron chi connectivity index (χ4n) is 3.29. The molecule has 2 fully saturated rings. The Morgan fingerprint density at radius 2 is 1.81 bits per heavy atom. The van der Waals surface area contributed by atoms with Crippen molar-refractivity contribution in [3.05, 3.63) is 0 Å². The lowest BCUT2D eigenvalue weighted by Gasteiger charge is -2.41. The maximum absolute atomic E-state index is 12.8. The molecule has 7 heteroatoms. The van der Waals surface area contributed by atoms with Crippen LogP contribution in [0.3, 0.4) is 0 Å². The van der Waals surface area contributed by atoms with Crippen molar-refractivity contribution in [2.45, 2.75) is 51.6 Å². The summed E-state index contributed by atoms with van der Waals surface area (Å²) in [6.45, 7) is 8.28. The van der Waals surface area contributed by atoms with E-state index in [1.807, 2.05) is 0 Å². The van der Waals surface area contributed by atoms with E-state index < -0.39 is 10.2 Å². The Bertz CT molecular complexity index is 421. The second-order valence-electron chi connectivity index (χ2n) is 6.20. The number of hydrogen-bond donors (Lipinski definition) is 1. The topological polar surface area (TPSA) is 69.9 Å². The minimum atomic E-state index is -3.34. The molecule has 0 aromatic rings. The molecule has 2 atom stereocenters. The smallest absolute Gasteiger partial charge is 0.282 e. The van der Waals surface area contributed by atoms with E-state index in [0.29, 0.717) is 32.2 Å². The quantitative estimate of drug-likeness (QED) is 0.799. The minimum Gasteiger partial charge on any atom is -0.329 e. The molecule has 0 saturated carbocycles. The van der Waals surface area contributed by atoms with Gasteiger partial charge >= 0.3 is 0 Å². The van der Waals surface area contributed by atoms with E-state index in [4.69, 9.17) is 5.73 Å². The lowest BCUT2D eigenvalue weighted by molar-refractivity contribution is 0.134. The molecule has 0 aromatic carbocycles. The van der Waals surface area contributed by atoms with Crippen molar-refractivity contribution in [2.24, 2.45) is 5.73 Å². The van der Waals surface area contributed by atoms with Crippen LogP contribution >= 0.6 is 0 Å². The first kappa shape index (κ1) is 17.1. The van der Waals surface area contributed by atoms with Gasteiger partial charge in [-0.05, 0) is 26.2 Å². The van der Waals surface area contributed by atoms with Gasteiger partial charge in [-0.15, -0.1) is 0 Å². The fraction of sp³-hybridized carbons (Fsp3) is 1.00. The zero-order chi connectivity index (χ0) is 15.5. The van der Waals surface area contributed by atoms with Crippen LogP contribution in [0.1, 0.15) is 39.5 Å². The first-order valence-electron chi connectivity index (χ1n) is 8.21. The van der Waals surface area contributed by atoms with Gasteiger partial charge in [0.1, 0.15) is 0 Å². The van der Waals surface area contributed by atoms with Crippen molar-refractivity contribution in [3.8, 4) is 0 Å². The maximum atomic E-state index is 12.8. The van der Waals surface area contributed by atoms with Crippen molar-refractivity contribution in [1.29, 1.82) is 0 Å². The number of piperazine rings is 1. The molecular weight excluding hydrogens is 288 g/mol. The van der Waals surface area contributed by atoms with Gasteiger partial charge in [0.25, 0.3) is 10.2 Å². The molecule has 2 aliphatic rings. The van der Waals surface area contributed by atoms with Crippen LogP contribution in [-0.4, -0.2) is 73.3 Å². The molecule has 0 aromatic heterocycles. The van der Waals surface area contributed by atoms with Crippen LogP contribution in [0.25, 0.3) is 0 Å². The van der Waals surface area contributed by atoms with Crippen molar-refractivity contribution in [1.82, 2.24) is 13.5 Å². The van der Waals surface area contributed by atoms with Gasteiger partial charge in [0, 0.05) is 51.4 Å². The van der Waals surface area contributed by atoms with E-state index in [9.17, 15) is 8.42 Å². The van der Waals surface area contributed by atoms with E-state index in [0.717, 1.165) is 38.8 Å². The highest BCUT2D eigenvalue weighted by Gasteiger charge is 2.37. The third-order valence-electron chi connectivity index (χ3n) is 4.96. The van der Waals surface area contributed by atoms with Crippen molar-refractivity contribution < 1.29 is 8.42 Å². The molecule has 2 N–H and O–H groups in total.